The van der Waals surface area contributed by atoms with Crippen LogP contribution in [0.25, 0.3) is 5.57 Å². The Morgan fingerprint density at radius 2 is 1.47 bits per heavy atom. The number of rotatable bonds is 22. The number of aliphatic imine (C=N–C) groups is 1. The zero-order valence-corrected chi connectivity index (χ0v) is 48.0. The van der Waals surface area contributed by atoms with Crippen LogP contribution in [-0.2, 0) is 39.5 Å². The molecule has 4 aliphatic carbocycles. The molecule has 0 aromatic heterocycles. The van der Waals surface area contributed by atoms with Crippen LogP contribution in [0.3, 0.4) is 0 Å². The molecule has 16 heteroatoms. The summed E-state index contributed by atoms with van der Waals surface area (Å²) >= 11 is 0. The van der Waals surface area contributed by atoms with E-state index < -0.39 is 28.0 Å². The predicted molar refractivity (Wildman–Crippen MR) is 298 cm³/mol. The summed E-state index contributed by atoms with van der Waals surface area (Å²) in [5.74, 6) is -0.0292. The second kappa shape index (κ2) is 25.8. The first-order chi connectivity index (χ1) is 37.0. The van der Waals surface area contributed by atoms with Crippen molar-refractivity contribution in [1.82, 2.24) is 10.6 Å². The van der Waals surface area contributed by atoms with E-state index in [0.29, 0.717) is 94.8 Å². The van der Waals surface area contributed by atoms with Gasteiger partial charge in [-0.1, -0.05) is 86.5 Å². The number of allylic oxidation sites excluding steroid dienone is 5. The van der Waals surface area contributed by atoms with E-state index in [0.717, 1.165) is 60.9 Å². The molecule has 2 fully saturated rings. The van der Waals surface area contributed by atoms with Crippen LogP contribution < -0.4 is 15.5 Å². The summed E-state index contributed by atoms with van der Waals surface area (Å²) in [6.07, 6.45) is 7.30. The van der Waals surface area contributed by atoms with Crippen LogP contribution in [0, 0.1) is 56.2 Å². The Morgan fingerprint density at radius 3 is 2.04 bits per heavy atom. The number of anilines is 2. The summed E-state index contributed by atoms with van der Waals surface area (Å²) in [5.41, 5.74) is 1.42. The molecule has 0 spiro atoms. The van der Waals surface area contributed by atoms with Crippen LogP contribution in [0.1, 0.15) is 142 Å². The van der Waals surface area contributed by atoms with Crippen LogP contribution in [0.15, 0.2) is 76.8 Å². The van der Waals surface area contributed by atoms with Crippen LogP contribution in [0.2, 0.25) is 0 Å². The highest BCUT2D eigenvalue weighted by molar-refractivity contribution is 6.37. The van der Waals surface area contributed by atoms with Gasteiger partial charge in [0.05, 0.1) is 69.7 Å². The minimum atomic E-state index is -4.45. The number of ketones is 2. The molecule has 2 saturated carbocycles. The van der Waals surface area contributed by atoms with Gasteiger partial charge < -0.3 is 29.6 Å². The normalized spacial score (nSPS) is 26.4. The third kappa shape index (κ3) is 12.9. The van der Waals surface area contributed by atoms with Gasteiger partial charge in [0.25, 0.3) is 5.91 Å². The van der Waals surface area contributed by atoms with Crippen molar-refractivity contribution < 1.29 is 51.3 Å². The lowest BCUT2D eigenvalue weighted by Gasteiger charge is -2.62. The molecule has 1 heterocycles. The number of amidine groups is 1. The minimum absolute atomic E-state index is 0.0150. The number of halogens is 3. The average Bonchev–Trinajstić information content (AvgIpc) is 3.82. The van der Waals surface area contributed by atoms with Crippen molar-refractivity contribution in [2.75, 3.05) is 77.9 Å². The first-order valence-electron chi connectivity index (χ1n) is 28.1. The molecule has 426 valence electrons. The molecule has 0 saturated heterocycles. The van der Waals surface area contributed by atoms with Gasteiger partial charge in [-0.05, 0) is 123 Å². The van der Waals surface area contributed by atoms with Crippen LogP contribution in [-0.4, -0.2) is 102 Å². The highest BCUT2D eigenvalue weighted by Crippen LogP contribution is 2.68. The van der Waals surface area contributed by atoms with E-state index in [9.17, 15) is 37.6 Å². The van der Waals surface area contributed by atoms with Crippen molar-refractivity contribution in [3.63, 3.8) is 0 Å². The molecule has 78 heavy (non-hydrogen) atoms. The molecular formula is C62H84F3N5O8. The zero-order valence-electron chi connectivity index (χ0n) is 48.0. The Hall–Kier alpha value is -5.47. The fourth-order valence-electron chi connectivity index (χ4n) is 13.1. The van der Waals surface area contributed by atoms with Crippen molar-refractivity contribution in [2.45, 2.75) is 127 Å². The molecule has 2 aromatic carbocycles. The number of ether oxygens (including phenoxy) is 4. The van der Waals surface area contributed by atoms with Crippen LogP contribution in [0.5, 0.6) is 0 Å². The Balaban J connectivity index is 0.00000486. The molecule has 7 rings (SSSR count). The number of amides is 2. The molecule has 2 N–H and O–H groups in total. The molecule has 2 amide bonds. The van der Waals surface area contributed by atoms with E-state index in [2.05, 4.69) is 56.3 Å². The Kier molecular flexibility index (Phi) is 20.4. The molecule has 5 aliphatic rings. The lowest BCUT2D eigenvalue weighted by molar-refractivity contribution is -0.143. The maximum Gasteiger partial charge on any atom is 0.416 e. The summed E-state index contributed by atoms with van der Waals surface area (Å²) in [6.45, 7) is 24.1. The summed E-state index contributed by atoms with van der Waals surface area (Å²) in [6, 6.07) is 12.3. The van der Waals surface area contributed by atoms with Crippen molar-refractivity contribution >= 4 is 46.2 Å². The third-order valence-electron chi connectivity index (χ3n) is 17.7. The Morgan fingerprint density at radius 1 is 0.872 bits per heavy atom. The fourth-order valence-corrected chi connectivity index (χ4v) is 13.1. The third-order valence-corrected chi connectivity index (χ3v) is 17.7. The van der Waals surface area contributed by atoms with E-state index >= 15 is 0 Å². The largest absolute Gasteiger partial charge is 0.416 e. The molecule has 2 aromatic rings. The number of hydrogen-bond acceptors (Lipinski definition) is 10. The quantitative estimate of drug-likeness (QED) is 0.108. The van der Waals surface area contributed by atoms with Crippen molar-refractivity contribution in [3.05, 3.63) is 88.5 Å². The van der Waals surface area contributed by atoms with Gasteiger partial charge >= 0.3 is 6.18 Å². The molecular weight excluding hydrogens is 1000 g/mol. The number of nitriles is 1. The fraction of sp³-hybridized carbons (Fsp3) is 0.613. The number of benzene rings is 2. The Bertz CT molecular complexity index is 2670. The molecule has 0 bridgehead atoms. The van der Waals surface area contributed by atoms with Crippen molar-refractivity contribution in [3.8, 4) is 6.07 Å². The first-order valence-corrected chi connectivity index (χ1v) is 28.1. The number of nitrogens with zero attached hydrogens (tertiary/aromatic N) is 3. The van der Waals surface area contributed by atoms with E-state index in [1.165, 1.54) is 12.1 Å². The van der Waals surface area contributed by atoms with E-state index in [1.807, 2.05) is 52.8 Å². The number of fused-ring (bicyclic) bond motifs is 6. The number of hydrogen-bond donors (Lipinski definition) is 2. The van der Waals surface area contributed by atoms with E-state index in [-0.39, 0.29) is 70.7 Å². The van der Waals surface area contributed by atoms with Gasteiger partial charge in [-0.15, -0.1) is 0 Å². The number of carbonyl (C=O) groups is 4. The van der Waals surface area contributed by atoms with Gasteiger partial charge in [0.15, 0.2) is 11.6 Å². The lowest BCUT2D eigenvalue weighted by atomic mass is 9.41. The predicted octanol–water partition coefficient (Wildman–Crippen LogP) is 11.8. The van der Waals surface area contributed by atoms with E-state index in [4.69, 9.17) is 18.9 Å². The summed E-state index contributed by atoms with van der Waals surface area (Å²) in [5, 5.41) is 16.1. The zero-order chi connectivity index (χ0) is 57.3. The van der Waals surface area contributed by atoms with E-state index in [1.54, 1.807) is 30.1 Å². The minimum Gasteiger partial charge on any atom is -0.377 e. The maximum absolute atomic E-state index is 14.4. The molecule has 6 atom stereocenters. The lowest BCUT2D eigenvalue weighted by Crippen LogP contribution is -2.58. The highest BCUT2D eigenvalue weighted by Gasteiger charge is 2.64. The van der Waals surface area contributed by atoms with Crippen molar-refractivity contribution in [2.24, 2.45) is 49.8 Å². The van der Waals surface area contributed by atoms with Gasteiger partial charge in [0.1, 0.15) is 11.9 Å². The number of nitrogens with one attached hydrogen (secondary N) is 2. The van der Waals surface area contributed by atoms with Gasteiger partial charge in [-0.25, -0.2) is 0 Å². The topological polar surface area (TPSA) is 169 Å². The van der Waals surface area contributed by atoms with Gasteiger partial charge in [-0.2, -0.15) is 18.4 Å². The highest BCUT2D eigenvalue weighted by atomic mass is 19.4. The summed E-state index contributed by atoms with van der Waals surface area (Å²) in [7, 11) is 1.62. The average molecular weight is 1080 g/mol. The monoisotopic (exact) mass is 1080 g/mol. The van der Waals surface area contributed by atoms with Crippen LogP contribution in [0.4, 0.5) is 24.5 Å². The van der Waals surface area contributed by atoms with Gasteiger partial charge in [-0.3, -0.25) is 29.1 Å². The number of alkyl halides is 3. The summed E-state index contributed by atoms with van der Waals surface area (Å²) in [4.78, 5) is 61.5. The van der Waals surface area contributed by atoms with Crippen LogP contribution >= 0.6 is 0 Å². The Labute approximate surface area is 460 Å². The smallest absolute Gasteiger partial charge is 0.377 e. The van der Waals surface area contributed by atoms with Gasteiger partial charge in [0.2, 0.25) is 5.91 Å². The summed E-state index contributed by atoms with van der Waals surface area (Å²) < 4.78 is 62.5. The number of Topliss-reactive ketones (excluding diaryl/α,β-unsaturated/α-hetero) is 1. The molecule has 1 aliphatic heterocycles. The number of carbonyl (C=O) groups excluding carboxylic acids is 4. The first kappa shape index (κ1) is 61.7. The molecule has 2 unspecified atom stereocenters. The van der Waals surface area contributed by atoms with Gasteiger partial charge in [0, 0.05) is 64.7 Å². The second-order valence-corrected chi connectivity index (χ2v) is 23.0. The second-order valence-electron chi connectivity index (χ2n) is 23.0. The van der Waals surface area contributed by atoms with Crippen molar-refractivity contribution in [1.29, 1.82) is 5.26 Å². The maximum atomic E-state index is 14.4. The standard InChI is InChI=1S/C60H78F3N5O8.C2H6/c1-10-43-44-34-39(12-17-47(44)68(52(43)65-9)42-15-13-41(14-16-42)60(61,62)63)53(71)66-24-26-73-28-30-75-32-33-76-31-29-74-27-25-67-54(72)59(23-22-55(3,4)11-2)21-18-46-45(37-59)48(69)35-50-57(46,7)20-19-49-56(5,6)51(70)40(38-64)36-58(49,50)8;1-2/h10,12-17,34-36,45-46,49H,11,18-33,37H2,1-9H3,(H,66,71)(H,67,72);1-2H3/b43-10-,65-52?;/t45-,46?,49?,57+,58+,59-;/m1./s1. The SMILES string of the molecule is C/C=C1\C(=NC)N(c2ccc(C(F)(F)F)cc2)c2ccc(C(=O)NCCOCCOCCOCCOCCNC(=O)[C@@]3(CCC(C)(C)CC)CCC4[C@@H](C3)C(=O)C=C3[C@@]5(C)C=C(C#N)C(=O)C(C)(C)C5CC[C@]34C)cc21.CC. The molecule has 13 nitrogen and oxygen atoms in total. The molecule has 0 radical (unpaired) electrons.